The number of aromatic nitrogens is 4. The fraction of sp³-hybridized carbons (Fsp3) is 0.364. The average molecular weight is 391 g/mol. The van der Waals surface area contributed by atoms with E-state index in [0.29, 0.717) is 18.1 Å². The lowest BCUT2D eigenvalue weighted by atomic mass is 10.1. The molecule has 1 aromatic heterocycles. The molecule has 8 heteroatoms. The van der Waals surface area contributed by atoms with Crippen LogP contribution in [-0.4, -0.2) is 26.8 Å². The van der Waals surface area contributed by atoms with E-state index in [0.717, 1.165) is 20.9 Å². The molecule has 2 rings (SSSR count). The van der Waals surface area contributed by atoms with Gasteiger partial charge in [-0.25, -0.2) is 0 Å². The van der Waals surface area contributed by atoms with Crippen molar-refractivity contribution in [2.24, 2.45) is 12.8 Å². The van der Waals surface area contributed by atoms with Gasteiger partial charge < -0.3 is 10.5 Å². The van der Waals surface area contributed by atoms with E-state index in [1.54, 1.807) is 7.05 Å². The molecule has 6 nitrogen and oxygen atoms in total. The van der Waals surface area contributed by atoms with Crippen LogP contribution in [0.4, 0.5) is 0 Å². The number of nitrogens with zero attached hydrogens (tertiary/aromatic N) is 4. The third-order valence-corrected chi connectivity index (χ3v) is 3.56. The van der Waals surface area contributed by atoms with Gasteiger partial charge in [-0.3, -0.25) is 0 Å². The molecule has 0 atom stereocenters. The predicted octanol–water partition coefficient (Wildman–Crippen LogP) is 1.82. The molecule has 0 aliphatic carbocycles. The van der Waals surface area contributed by atoms with Crippen molar-refractivity contribution in [3.63, 3.8) is 0 Å². The minimum atomic E-state index is 0.265. The maximum Gasteiger partial charge on any atom is 0.212 e. The van der Waals surface area contributed by atoms with Crippen LogP contribution < -0.4 is 10.5 Å². The first-order chi connectivity index (χ1) is 9.10. The Balaban J connectivity index is 2.11. The van der Waals surface area contributed by atoms with Crippen LogP contribution in [0.5, 0.6) is 5.75 Å². The second-order valence-corrected chi connectivity index (χ2v) is 5.62. The normalized spacial score (nSPS) is 10.7. The molecule has 1 heterocycles. The van der Waals surface area contributed by atoms with Gasteiger partial charge in [0.2, 0.25) is 5.82 Å². The highest BCUT2D eigenvalue weighted by Crippen LogP contribution is 2.35. The number of halogens is 2. The standard InChI is InChI=1S/C11H13Br2N5O/c1-18-16-10(15-17-18)6-19-11-8(12)4-7(2-3-14)5-9(11)13/h4-5H,2-3,6,14H2,1H3. The van der Waals surface area contributed by atoms with E-state index in [9.17, 15) is 0 Å². The summed E-state index contributed by atoms with van der Waals surface area (Å²) in [5.74, 6) is 1.25. The first-order valence-corrected chi connectivity index (χ1v) is 7.22. The predicted molar refractivity (Wildman–Crippen MR) is 77.7 cm³/mol. The molecule has 0 aliphatic rings. The van der Waals surface area contributed by atoms with Crippen LogP contribution in [0, 0.1) is 0 Å². The monoisotopic (exact) mass is 389 g/mol. The molecule has 0 saturated carbocycles. The summed E-state index contributed by atoms with van der Waals surface area (Å²) >= 11 is 6.98. The van der Waals surface area contributed by atoms with E-state index in [4.69, 9.17) is 10.5 Å². The highest BCUT2D eigenvalue weighted by Gasteiger charge is 2.10. The molecular formula is C11H13Br2N5O. The lowest BCUT2D eigenvalue weighted by Crippen LogP contribution is -2.04. The minimum absolute atomic E-state index is 0.265. The van der Waals surface area contributed by atoms with Crippen LogP contribution in [-0.2, 0) is 20.1 Å². The van der Waals surface area contributed by atoms with E-state index in [1.165, 1.54) is 4.80 Å². The number of tetrazole rings is 1. The molecule has 0 spiro atoms. The minimum Gasteiger partial charge on any atom is -0.483 e. The molecule has 2 N–H and O–H groups in total. The van der Waals surface area contributed by atoms with E-state index in [2.05, 4.69) is 47.3 Å². The number of hydrogen-bond acceptors (Lipinski definition) is 5. The van der Waals surface area contributed by atoms with E-state index in [1.807, 2.05) is 12.1 Å². The number of aryl methyl sites for hydroxylation is 1. The van der Waals surface area contributed by atoms with Crippen molar-refractivity contribution in [3.05, 3.63) is 32.5 Å². The second kappa shape index (κ2) is 6.44. The van der Waals surface area contributed by atoms with Crippen molar-refractivity contribution in [1.82, 2.24) is 20.2 Å². The third-order valence-electron chi connectivity index (χ3n) is 2.39. The lowest BCUT2D eigenvalue weighted by Gasteiger charge is -2.10. The fourth-order valence-electron chi connectivity index (χ4n) is 1.58. The summed E-state index contributed by atoms with van der Waals surface area (Å²) in [5.41, 5.74) is 6.69. The van der Waals surface area contributed by atoms with Gasteiger partial charge >= 0.3 is 0 Å². The highest BCUT2D eigenvalue weighted by molar-refractivity contribution is 9.11. The molecule has 0 aliphatic heterocycles. The van der Waals surface area contributed by atoms with Crippen LogP contribution >= 0.6 is 31.9 Å². The van der Waals surface area contributed by atoms with Crippen molar-refractivity contribution in [2.45, 2.75) is 13.0 Å². The van der Waals surface area contributed by atoms with Crippen LogP contribution in [0.2, 0.25) is 0 Å². The summed E-state index contributed by atoms with van der Waals surface area (Å²) in [5, 5.41) is 11.7. The molecule has 0 radical (unpaired) electrons. The van der Waals surface area contributed by atoms with Crippen molar-refractivity contribution in [2.75, 3.05) is 6.54 Å². The van der Waals surface area contributed by atoms with Crippen LogP contribution in [0.25, 0.3) is 0 Å². The number of rotatable bonds is 5. The third kappa shape index (κ3) is 3.74. The molecule has 1 aromatic carbocycles. The van der Waals surface area contributed by atoms with Crippen molar-refractivity contribution in [3.8, 4) is 5.75 Å². The molecule has 0 saturated heterocycles. The number of benzene rings is 1. The number of nitrogens with two attached hydrogens (primary N) is 1. The molecule has 0 unspecified atom stereocenters. The van der Waals surface area contributed by atoms with Crippen molar-refractivity contribution < 1.29 is 4.74 Å². The topological polar surface area (TPSA) is 78.8 Å². The maximum atomic E-state index is 5.70. The Kier molecular flexibility index (Phi) is 4.89. The van der Waals surface area contributed by atoms with Gasteiger partial charge in [0.25, 0.3) is 0 Å². The van der Waals surface area contributed by atoms with Gasteiger partial charge in [0.15, 0.2) is 6.61 Å². The van der Waals surface area contributed by atoms with E-state index in [-0.39, 0.29) is 6.61 Å². The van der Waals surface area contributed by atoms with Gasteiger partial charge in [-0.15, -0.1) is 10.2 Å². The Labute approximate surface area is 127 Å². The molecule has 0 bridgehead atoms. The highest BCUT2D eigenvalue weighted by atomic mass is 79.9. The summed E-state index contributed by atoms with van der Waals surface area (Å²) in [6.07, 6.45) is 0.823. The fourth-order valence-corrected chi connectivity index (χ4v) is 3.09. The zero-order valence-corrected chi connectivity index (χ0v) is 13.5. The van der Waals surface area contributed by atoms with Gasteiger partial charge in [-0.05, 0) is 67.7 Å². The molecule has 19 heavy (non-hydrogen) atoms. The molecule has 102 valence electrons. The Morgan fingerprint density at radius 3 is 2.53 bits per heavy atom. The van der Waals surface area contributed by atoms with Gasteiger partial charge in [-0.2, -0.15) is 4.80 Å². The number of ether oxygens (including phenoxy) is 1. The van der Waals surface area contributed by atoms with Crippen LogP contribution in [0.3, 0.4) is 0 Å². The summed E-state index contributed by atoms with van der Waals surface area (Å²) < 4.78 is 7.44. The zero-order chi connectivity index (χ0) is 13.8. The smallest absolute Gasteiger partial charge is 0.212 e. The van der Waals surface area contributed by atoms with Gasteiger partial charge in [0.05, 0.1) is 16.0 Å². The molecule has 0 fully saturated rings. The Morgan fingerprint density at radius 2 is 2.00 bits per heavy atom. The summed E-state index contributed by atoms with van der Waals surface area (Å²) in [4.78, 5) is 1.40. The van der Waals surface area contributed by atoms with Crippen LogP contribution in [0.1, 0.15) is 11.4 Å². The van der Waals surface area contributed by atoms with E-state index >= 15 is 0 Å². The van der Waals surface area contributed by atoms with Gasteiger partial charge in [0.1, 0.15) is 5.75 Å². The lowest BCUT2D eigenvalue weighted by molar-refractivity contribution is 0.291. The zero-order valence-electron chi connectivity index (χ0n) is 10.3. The Hall–Kier alpha value is -0.990. The second-order valence-electron chi connectivity index (χ2n) is 3.91. The Bertz CT molecular complexity index is 549. The van der Waals surface area contributed by atoms with Crippen molar-refractivity contribution in [1.29, 1.82) is 0 Å². The summed E-state index contributed by atoms with van der Waals surface area (Å²) in [7, 11) is 1.71. The average Bonchev–Trinajstić information content (AvgIpc) is 2.74. The first-order valence-electron chi connectivity index (χ1n) is 5.64. The molecule has 2 aromatic rings. The quantitative estimate of drug-likeness (QED) is 0.842. The summed E-state index contributed by atoms with van der Waals surface area (Å²) in [6.45, 7) is 0.879. The first kappa shape index (κ1) is 14.4. The maximum absolute atomic E-state index is 5.70. The van der Waals surface area contributed by atoms with E-state index < -0.39 is 0 Å². The van der Waals surface area contributed by atoms with Crippen molar-refractivity contribution >= 4 is 31.9 Å². The van der Waals surface area contributed by atoms with Gasteiger partial charge in [0, 0.05) is 0 Å². The SMILES string of the molecule is Cn1nnc(COc2c(Br)cc(CCN)cc2Br)n1. The molecular weight excluding hydrogens is 378 g/mol. The number of hydrogen-bond donors (Lipinski definition) is 1. The molecule has 0 amide bonds. The Morgan fingerprint density at radius 1 is 1.32 bits per heavy atom. The van der Waals surface area contributed by atoms with Gasteiger partial charge in [-0.1, -0.05) is 0 Å². The van der Waals surface area contributed by atoms with Crippen LogP contribution in [0.15, 0.2) is 21.1 Å². The summed E-state index contributed by atoms with van der Waals surface area (Å²) in [6, 6.07) is 3.99. The largest absolute Gasteiger partial charge is 0.483 e.